The highest BCUT2D eigenvalue weighted by Crippen LogP contribution is 2.41. The monoisotopic (exact) mass is 336 g/mol. The van der Waals surface area contributed by atoms with Crippen molar-refractivity contribution in [1.82, 2.24) is 20.0 Å². The molecule has 0 saturated carbocycles. The topological polar surface area (TPSA) is 68.2 Å². The van der Waals surface area contributed by atoms with Crippen LogP contribution in [0, 0.1) is 0 Å². The van der Waals surface area contributed by atoms with Crippen molar-refractivity contribution in [3.05, 3.63) is 42.6 Å². The minimum Gasteiger partial charge on any atom is -0.463 e. The average molecular weight is 336 g/mol. The quantitative estimate of drug-likeness (QED) is 0.729. The third-order valence-electron chi connectivity index (χ3n) is 5.46. The lowest BCUT2D eigenvalue weighted by atomic mass is 9.73. The molecule has 0 aromatic carbocycles. The molecule has 128 valence electrons. The molecule has 0 amide bonds. The molecule has 0 aliphatic carbocycles. The molecule has 6 nitrogen and oxygen atoms in total. The van der Waals surface area contributed by atoms with Crippen molar-refractivity contribution in [2.24, 2.45) is 0 Å². The Morgan fingerprint density at radius 3 is 2.80 bits per heavy atom. The molecule has 5 heterocycles. The zero-order chi connectivity index (χ0) is 16.7. The number of aromatic nitrogens is 3. The van der Waals surface area contributed by atoms with Gasteiger partial charge in [-0.3, -0.25) is 4.98 Å². The van der Waals surface area contributed by atoms with Crippen molar-refractivity contribution in [2.45, 2.75) is 31.1 Å². The highest BCUT2D eigenvalue weighted by atomic mass is 16.5. The van der Waals surface area contributed by atoms with Crippen molar-refractivity contribution in [2.75, 3.05) is 19.6 Å². The molecule has 2 saturated heterocycles. The fourth-order valence-electron chi connectivity index (χ4n) is 4.23. The highest BCUT2D eigenvalue weighted by molar-refractivity contribution is 5.63. The normalized spacial score (nSPS) is 25.8. The van der Waals surface area contributed by atoms with E-state index < -0.39 is 0 Å². The van der Waals surface area contributed by atoms with Crippen molar-refractivity contribution >= 4 is 0 Å². The van der Waals surface area contributed by atoms with Gasteiger partial charge in [0.25, 0.3) is 0 Å². The van der Waals surface area contributed by atoms with Gasteiger partial charge in [0.05, 0.1) is 11.7 Å². The highest BCUT2D eigenvalue weighted by Gasteiger charge is 2.44. The second-order valence-corrected chi connectivity index (χ2v) is 7.09. The maximum Gasteiger partial charge on any atom is 0.234 e. The van der Waals surface area contributed by atoms with E-state index in [0.717, 1.165) is 42.3 Å². The molecule has 2 fully saturated rings. The van der Waals surface area contributed by atoms with E-state index >= 15 is 0 Å². The molecule has 2 aliphatic rings. The van der Waals surface area contributed by atoms with Crippen LogP contribution in [-0.4, -0.2) is 39.7 Å². The number of rotatable bonds is 3. The van der Waals surface area contributed by atoms with Gasteiger partial charge in [-0.15, -0.1) is 0 Å². The van der Waals surface area contributed by atoms with Crippen LogP contribution in [0.4, 0.5) is 0 Å². The molecule has 5 rings (SSSR count). The van der Waals surface area contributed by atoms with Crippen LogP contribution < -0.4 is 0 Å². The summed E-state index contributed by atoms with van der Waals surface area (Å²) in [6.07, 6.45) is 8.08. The zero-order valence-electron chi connectivity index (χ0n) is 14.0. The Hall–Kier alpha value is -2.47. The average Bonchev–Trinajstić information content (AvgIpc) is 3.34. The van der Waals surface area contributed by atoms with Crippen LogP contribution in [0.2, 0.25) is 0 Å². The molecule has 25 heavy (non-hydrogen) atoms. The summed E-state index contributed by atoms with van der Waals surface area (Å²) in [5.41, 5.74) is 1.71. The molecule has 6 heteroatoms. The van der Waals surface area contributed by atoms with E-state index in [-0.39, 0.29) is 5.41 Å². The van der Waals surface area contributed by atoms with Crippen LogP contribution in [0.1, 0.15) is 31.6 Å². The Kier molecular flexibility index (Phi) is 3.45. The summed E-state index contributed by atoms with van der Waals surface area (Å²) in [5, 5.41) is 4.26. The second kappa shape index (κ2) is 5.81. The third kappa shape index (κ3) is 2.57. The van der Waals surface area contributed by atoms with Gasteiger partial charge in [-0.1, -0.05) is 5.16 Å². The van der Waals surface area contributed by atoms with Gasteiger partial charge in [-0.2, -0.15) is 4.98 Å². The zero-order valence-corrected chi connectivity index (χ0v) is 14.0. The minimum atomic E-state index is 0.0403. The summed E-state index contributed by atoms with van der Waals surface area (Å²) in [4.78, 5) is 11.7. The van der Waals surface area contributed by atoms with Gasteiger partial charge in [-0.25, -0.2) is 0 Å². The van der Waals surface area contributed by atoms with Crippen molar-refractivity contribution < 1.29 is 8.94 Å². The lowest BCUT2D eigenvalue weighted by Crippen LogP contribution is -2.50. The summed E-state index contributed by atoms with van der Waals surface area (Å²) in [5.74, 6) is 2.16. The minimum absolute atomic E-state index is 0.0403. The predicted octanol–water partition coefficient (Wildman–Crippen LogP) is 3.52. The van der Waals surface area contributed by atoms with Crippen molar-refractivity contribution in [1.29, 1.82) is 0 Å². The predicted molar refractivity (Wildman–Crippen MR) is 91.8 cm³/mol. The number of pyridine rings is 1. The first-order chi connectivity index (χ1) is 12.3. The maximum absolute atomic E-state index is 5.73. The smallest absolute Gasteiger partial charge is 0.234 e. The SMILES string of the molecule is c1coc(-c2cc(-c3noc(C45CCCN(CCC4)C5)n3)ccn2)c1. The molecule has 2 aliphatic heterocycles. The summed E-state index contributed by atoms with van der Waals surface area (Å²) in [6.45, 7) is 3.43. The van der Waals surface area contributed by atoms with Crippen LogP contribution in [0.15, 0.2) is 45.7 Å². The molecule has 3 aromatic rings. The van der Waals surface area contributed by atoms with E-state index in [2.05, 4.69) is 15.0 Å². The second-order valence-electron chi connectivity index (χ2n) is 7.09. The van der Waals surface area contributed by atoms with Gasteiger partial charge >= 0.3 is 0 Å². The number of piperidine rings is 2. The summed E-state index contributed by atoms with van der Waals surface area (Å²) in [7, 11) is 0. The van der Waals surface area contributed by atoms with E-state index in [1.807, 2.05) is 24.3 Å². The lowest BCUT2D eigenvalue weighted by Gasteiger charge is -2.44. The van der Waals surface area contributed by atoms with Crippen LogP contribution in [0.5, 0.6) is 0 Å². The molecular weight excluding hydrogens is 316 g/mol. The number of hydrogen-bond acceptors (Lipinski definition) is 6. The van der Waals surface area contributed by atoms with Gasteiger partial charge in [0, 0.05) is 18.3 Å². The van der Waals surface area contributed by atoms with Crippen LogP contribution in [0.25, 0.3) is 22.8 Å². The van der Waals surface area contributed by atoms with Crippen LogP contribution >= 0.6 is 0 Å². The number of fused-ring (bicyclic) bond motifs is 2. The summed E-state index contributed by atoms with van der Waals surface area (Å²) < 4.78 is 11.2. The largest absolute Gasteiger partial charge is 0.463 e. The Balaban J connectivity index is 1.48. The first kappa shape index (κ1) is 14.8. The molecule has 0 unspecified atom stereocenters. The molecule has 0 radical (unpaired) electrons. The van der Waals surface area contributed by atoms with E-state index in [1.165, 1.54) is 25.9 Å². The van der Waals surface area contributed by atoms with Gasteiger partial charge in [0.15, 0.2) is 5.76 Å². The first-order valence-corrected chi connectivity index (χ1v) is 8.89. The van der Waals surface area contributed by atoms with Gasteiger partial charge in [-0.05, 0) is 63.0 Å². The third-order valence-corrected chi connectivity index (χ3v) is 5.46. The van der Waals surface area contributed by atoms with Gasteiger partial charge < -0.3 is 13.8 Å². The van der Waals surface area contributed by atoms with Crippen LogP contribution in [-0.2, 0) is 5.41 Å². The summed E-state index contributed by atoms with van der Waals surface area (Å²) >= 11 is 0. The standard InChI is InChI=1S/C19H20N4O2/c1-4-16(24-11-1)15-12-14(5-8-20-15)17-21-18(25-22-17)19-6-2-9-23(13-19)10-3-7-19/h1,4-5,8,11-12H,2-3,6-7,9-10,13H2. The fourth-order valence-corrected chi connectivity index (χ4v) is 4.23. The molecule has 3 aromatic heterocycles. The Bertz CT molecular complexity index is 861. The van der Waals surface area contributed by atoms with E-state index in [4.69, 9.17) is 13.9 Å². The van der Waals surface area contributed by atoms with E-state index in [0.29, 0.717) is 5.82 Å². The van der Waals surface area contributed by atoms with Crippen molar-refractivity contribution in [3.63, 3.8) is 0 Å². The van der Waals surface area contributed by atoms with Crippen molar-refractivity contribution in [3.8, 4) is 22.8 Å². The molecular formula is C19H20N4O2. The Morgan fingerprint density at radius 2 is 2.00 bits per heavy atom. The fraction of sp³-hybridized carbons (Fsp3) is 0.421. The lowest BCUT2D eigenvalue weighted by molar-refractivity contribution is 0.0711. The van der Waals surface area contributed by atoms with Gasteiger partial charge in [0.1, 0.15) is 5.69 Å². The molecule has 0 spiro atoms. The number of hydrogen-bond donors (Lipinski definition) is 0. The number of nitrogens with zero attached hydrogens (tertiary/aromatic N) is 4. The molecule has 2 bridgehead atoms. The van der Waals surface area contributed by atoms with Gasteiger partial charge in [0.2, 0.25) is 11.7 Å². The maximum atomic E-state index is 5.73. The van der Waals surface area contributed by atoms with Crippen LogP contribution in [0.3, 0.4) is 0 Å². The summed E-state index contributed by atoms with van der Waals surface area (Å²) in [6, 6.07) is 7.60. The first-order valence-electron chi connectivity index (χ1n) is 8.89. The van der Waals surface area contributed by atoms with E-state index in [1.54, 1.807) is 12.5 Å². The number of furan rings is 1. The van der Waals surface area contributed by atoms with E-state index in [9.17, 15) is 0 Å². The molecule has 0 N–H and O–H groups in total. The molecule has 0 atom stereocenters. The Labute approximate surface area is 145 Å². The Morgan fingerprint density at radius 1 is 1.12 bits per heavy atom.